The van der Waals surface area contributed by atoms with E-state index >= 15 is 0 Å². The number of hydrogen-bond donors (Lipinski definition) is 5. The van der Waals surface area contributed by atoms with Crippen LogP contribution in [-0.4, -0.2) is 62.8 Å². The molecule has 0 aliphatic carbocycles. The van der Waals surface area contributed by atoms with Gasteiger partial charge in [-0.15, -0.1) is 0 Å². The lowest BCUT2D eigenvalue weighted by atomic mass is 9.99. The largest absolute Gasteiger partial charge is 0.508 e. The second-order valence-corrected chi connectivity index (χ2v) is 7.35. The van der Waals surface area contributed by atoms with Crippen molar-refractivity contribution in [2.75, 3.05) is 6.61 Å². The molecule has 1 aliphatic heterocycles. The van der Waals surface area contributed by atoms with Crippen LogP contribution in [0.1, 0.15) is 0 Å². The highest BCUT2D eigenvalue weighted by molar-refractivity contribution is 6.13. The molecule has 0 amide bonds. The number of aromatic hydroxyl groups is 1. The highest BCUT2D eigenvalue weighted by Crippen LogP contribution is 2.35. The minimum absolute atomic E-state index is 0.00420. The van der Waals surface area contributed by atoms with E-state index in [0.29, 0.717) is 16.4 Å². The van der Waals surface area contributed by atoms with E-state index in [-0.39, 0.29) is 28.1 Å². The second-order valence-electron chi connectivity index (χ2n) is 7.35. The first-order valence-corrected chi connectivity index (χ1v) is 9.46. The van der Waals surface area contributed by atoms with Gasteiger partial charge in [-0.05, 0) is 24.3 Å². The first-order chi connectivity index (χ1) is 14.9. The first kappa shape index (κ1) is 19.8. The van der Waals surface area contributed by atoms with Crippen molar-refractivity contribution >= 4 is 32.9 Å². The molecule has 5 N–H and O–H groups in total. The van der Waals surface area contributed by atoms with E-state index in [1.54, 1.807) is 12.1 Å². The lowest BCUT2D eigenvalue weighted by molar-refractivity contribution is -0.277. The van der Waals surface area contributed by atoms with Crippen LogP contribution in [0.5, 0.6) is 11.5 Å². The predicted molar refractivity (Wildman–Crippen MR) is 106 cm³/mol. The summed E-state index contributed by atoms with van der Waals surface area (Å²) >= 11 is 0. The molecular formula is C21H18O10. The number of phenols is 1. The summed E-state index contributed by atoms with van der Waals surface area (Å²) in [6.45, 7) is -0.586. The summed E-state index contributed by atoms with van der Waals surface area (Å²) < 4.78 is 22.1. The summed E-state index contributed by atoms with van der Waals surface area (Å²) in [6.07, 6.45) is -7.16. The summed E-state index contributed by atoms with van der Waals surface area (Å²) in [4.78, 5) is 12.6. The molecular weight excluding hydrogens is 412 g/mol. The standard InChI is InChI=1S/C21H18O10/c22-7-14-16(24)17(25)18(26)21(31-14)28-9-2-4-11-13(6-9)30-20(27)15-10-3-1-8(23)5-12(10)29-19(11)15/h1-6,14,16-18,21-26H,7H2/t14-,16-,17+,18-,21-/m1/s1. The number of ether oxygens (including phenoxy) is 2. The predicted octanol–water partition coefficient (Wildman–Crippen LogP) is 0.577. The fourth-order valence-electron chi connectivity index (χ4n) is 3.78. The van der Waals surface area contributed by atoms with Crippen LogP contribution in [0, 0.1) is 0 Å². The topological polar surface area (TPSA) is 163 Å². The highest BCUT2D eigenvalue weighted by atomic mass is 16.7. The van der Waals surface area contributed by atoms with Crippen LogP contribution >= 0.6 is 0 Å². The molecule has 2 aromatic carbocycles. The molecule has 2 aromatic heterocycles. The number of furan rings is 1. The van der Waals surface area contributed by atoms with Crippen LogP contribution in [0.4, 0.5) is 0 Å². The van der Waals surface area contributed by atoms with E-state index in [9.17, 15) is 30.3 Å². The fourth-order valence-corrected chi connectivity index (χ4v) is 3.78. The Morgan fingerprint density at radius 2 is 1.65 bits per heavy atom. The first-order valence-electron chi connectivity index (χ1n) is 9.46. The molecule has 0 spiro atoms. The van der Waals surface area contributed by atoms with Crippen LogP contribution in [0.25, 0.3) is 32.9 Å². The lowest BCUT2D eigenvalue weighted by Gasteiger charge is -2.39. The zero-order valence-corrected chi connectivity index (χ0v) is 15.8. The summed E-state index contributed by atoms with van der Waals surface area (Å²) in [6, 6.07) is 8.91. The molecule has 1 aliphatic rings. The Morgan fingerprint density at radius 3 is 2.42 bits per heavy atom. The van der Waals surface area contributed by atoms with E-state index < -0.39 is 42.9 Å². The van der Waals surface area contributed by atoms with Gasteiger partial charge in [0.25, 0.3) is 0 Å². The van der Waals surface area contributed by atoms with Crippen molar-refractivity contribution in [2.45, 2.75) is 30.7 Å². The number of fused-ring (bicyclic) bond motifs is 5. The van der Waals surface area contributed by atoms with E-state index in [4.69, 9.17) is 18.3 Å². The van der Waals surface area contributed by atoms with Crippen LogP contribution in [0.2, 0.25) is 0 Å². The Balaban J connectivity index is 1.55. The summed E-state index contributed by atoms with van der Waals surface area (Å²) in [5.74, 6) is 0.142. The number of phenolic OH excluding ortho intramolecular Hbond substituents is 1. The molecule has 31 heavy (non-hydrogen) atoms. The van der Waals surface area contributed by atoms with Crippen molar-refractivity contribution in [3.8, 4) is 11.5 Å². The Bertz CT molecular complexity index is 1340. The quantitative estimate of drug-likeness (QED) is 0.291. The van der Waals surface area contributed by atoms with Crippen molar-refractivity contribution in [1.29, 1.82) is 0 Å². The summed E-state index contributed by atoms with van der Waals surface area (Å²) in [7, 11) is 0. The van der Waals surface area contributed by atoms with E-state index in [2.05, 4.69) is 0 Å². The molecule has 10 heteroatoms. The molecule has 3 heterocycles. The van der Waals surface area contributed by atoms with Crippen LogP contribution < -0.4 is 10.4 Å². The monoisotopic (exact) mass is 430 g/mol. The molecule has 0 saturated carbocycles. The Morgan fingerprint density at radius 1 is 0.903 bits per heavy atom. The lowest BCUT2D eigenvalue weighted by Crippen LogP contribution is -2.60. The van der Waals surface area contributed by atoms with Gasteiger partial charge >= 0.3 is 5.63 Å². The zero-order chi connectivity index (χ0) is 21.9. The molecule has 0 radical (unpaired) electrons. The van der Waals surface area contributed by atoms with Crippen molar-refractivity contribution in [3.63, 3.8) is 0 Å². The van der Waals surface area contributed by atoms with Gasteiger partial charge in [0.05, 0.1) is 12.0 Å². The van der Waals surface area contributed by atoms with Gasteiger partial charge in [0.1, 0.15) is 52.5 Å². The average molecular weight is 430 g/mol. The SMILES string of the molecule is O=c1oc2cc(O[C@@H]3O[C@H](CO)[C@@H](O)[C@H](O)[C@H]3O)ccc2c2oc3cc(O)ccc3c12. The minimum atomic E-state index is -1.58. The molecule has 10 nitrogen and oxygen atoms in total. The van der Waals surface area contributed by atoms with Crippen molar-refractivity contribution in [3.05, 3.63) is 46.8 Å². The Labute approximate surface area is 173 Å². The van der Waals surface area contributed by atoms with Gasteiger partial charge in [0, 0.05) is 17.5 Å². The van der Waals surface area contributed by atoms with Gasteiger partial charge in [-0.3, -0.25) is 0 Å². The maximum absolute atomic E-state index is 12.6. The van der Waals surface area contributed by atoms with Gasteiger partial charge in [0.2, 0.25) is 6.29 Å². The number of hydrogen-bond acceptors (Lipinski definition) is 10. The van der Waals surface area contributed by atoms with Crippen molar-refractivity contribution < 1.29 is 43.8 Å². The molecule has 0 unspecified atom stereocenters. The number of benzene rings is 2. The molecule has 0 bridgehead atoms. The van der Waals surface area contributed by atoms with Crippen molar-refractivity contribution in [1.82, 2.24) is 0 Å². The zero-order valence-electron chi connectivity index (χ0n) is 15.8. The van der Waals surface area contributed by atoms with E-state index in [1.807, 2.05) is 0 Å². The maximum atomic E-state index is 12.6. The number of aliphatic hydroxyl groups excluding tert-OH is 4. The van der Waals surface area contributed by atoms with Gasteiger partial charge in [-0.25, -0.2) is 4.79 Å². The average Bonchev–Trinajstić information content (AvgIpc) is 3.13. The van der Waals surface area contributed by atoms with Crippen LogP contribution in [0.15, 0.2) is 50.0 Å². The molecule has 5 atom stereocenters. The highest BCUT2D eigenvalue weighted by Gasteiger charge is 2.44. The second kappa shape index (κ2) is 7.22. The molecule has 5 rings (SSSR count). The third kappa shape index (κ3) is 3.12. The molecule has 162 valence electrons. The third-order valence-electron chi connectivity index (χ3n) is 5.38. The third-order valence-corrected chi connectivity index (χ3v) is 5.38. The van der Waals surface area contributed by atoms with Gasteiger partial charge < -0.3 is 43.8 Å². The number of aliphatic hydroxyl groups is 4. The van der Waals surface area contributed by atoms with Crippen LogP contribution in [0.3, 0.4) is 0 Å². The van der Waals surface area contributed by atoms with Gasteiger partial charge in [-0.1, -0.05) is 0 Å². The summed E-state index contributed by atoms with van der Waals surface area (Å²) in [5.41, 5.74) is 0.113. The van der Waals surface area contributed by atoms with Gasteiger partial charge in [0.15, 0.2) is 5.58 Å². The minimum Gasteiger partial charge on any atom is -0.508 e. The van der Waals surface area contributed by atoms with Crippen LogP contribution in [-0.2, 0) is 4.74 Å². The maximum Gasteiger partial charge on any atom is 0.348 e. The Hall–Kier alpha value is -3.15. The van der Waals surface area contributed by atoms with E-state index in [0.717, 1.165) is 0 Å². The van der Waals surface area contributed by atoms with Gasteiger partial charge in [-0.2, -0.15) is 0 Å². The molecule has 1 fully saturated rings. The summed E-state index contributed by atoms with van der Waals surface area (Å²) in [5, 5.41) is 50.1. The normalized spacial score (nSPS) is 26.6. The number of rotatable bonds is 3. The van der Waals surface area contributed by atoms with E-state index in [1.165, 1.54) is 24.3 Å². The molecule has 1 saturated heterocycles. The molecule has 4 aromatic rings. The smallest absolute Gasteiger partial charge is 0.348 e. The Kier molecular flexibility index (Phi) is 4.61. The van der Waals surface area contributed by atoms with Crippen molar-refractivity contribution in [2.24, 2.45) is 0 Å². The fraction of sp³-hybridized carbons (Fsp3) is 0.286.